The number of hydrogen-bond donors (Lipinski definition) is 0. The van der Waals surface area contributed by atoms with Gasteiger partial charge >= 0.3 is 0 Å². The average Bonchev–Trinajstić information content (AvgIpc) is 3.29. The molecule has 0 saturated carbocycles. The molecule has 1 unspecified atom stereocenters. The van der Waals surface area contributed by atoms with Crippen LogP contribution in [0.15, 0.2) is 62.8 Å². The Hall–Kier alpha value is -2.57. The Morgan fingerprint density at radius 3 is 2.52 bits per heavy atom. The van der Waals surface area contributed by atoms with Gasteiger partial charge in [-0.25, -0.2) is 4.99 Å². The molecule has 3 aromatic rings. The van der Waals surface area contributed by atoms with E-state index in [-0.39, 0.29) is 11.3 Å². The Morgan fingerprint density at radius 1 is 1.21 bits per heavy atom. The van der Waals surface area contributed by atoms with E-state index in [4.69, 9.17) is 0 Å². The quantitative estimate of drug-likeness (QED) is 0.638. The van der Waals surface area contributed by atoms with Gasteiger partial charge in [0.15, 0.2) is 10.6 Å². The van der Waals surface area contributed by atoms with Crippen molar-refractivity contribution in [3.63, 3.8) is 0 Å². The maximum Gasteiger partial charge on any atom is 0.271 e. The lowest BCUT2D eigenvalue weighted by Gasteiger charge is -2.24. The van der Waals surface area contributed by atoms with Crippen LogP contribution in [-0.2, 0) is 4.79 Å². The first-order valence-corrected chi connectivity index (χ1v) is 11.2. The minimum atomic E-state index is -0.449. The van der Waals surface area contributed by atoms with Gasteiger partial charge in [0.2, 0.25) is 0 Å². The van der Waals surface area contributed by atoms with Crippen molar-refractivity contribution < 1.29 is 4.79 Å². The van der Waals surface area contributed by atoms with E-state index in [1.165, 1.54) is 16.9 Å². The highest BCUT2D eigenvalue weighted by Crippen LogP contribution is 2.31. The van der Waals surface area contributed by atoms with Crippen LogP contribution in [-0.4, -0.2) is 10.4 Å². The molecule has 29 heavy (non-hydrogen) atoms. The molecule has 0 aliphatic carbocycles. The Bertz CT molecular complexity index is 1270. The molecule has 4 rings (SSSR count). The largest absolute Gasteiger partial charge is 0.295 e. The van der Waals surface area contributed by atoms with E-state index >= 15 is 0 Å². The molecule has 1 aliphatic heterocycles. The first-order valence-electron chi connectivity index (χ1n) is 9.53. The number of nitrogens with zero attached hydrogens (tertiary/aromatic N) is 2. The molecule has 0 fully saturated rings. The first-order chi connectivity index (χ1) is 13.9. The normalized spacial score (nSPS) is 16.9. The number of aromatic nitrogens is 1. The van der Waals surface area contributed by atoms with Crippen LogP contribution in [0.5, 0.6) is 0 Å². The number of Topliss-reactive ketones (excluding diaryl/α,β-unsaturated/α-hetero) is 1. The van der Waals surface area contributed by atoms with Gasteiger partial charge in [0.1, 0.15) is 0 Å². The van der Waals surface area contributed by atoms with Crippen molar-refractivity contribution in [3.8, 4) is 0 Å². The lowest BCUT2D eigenvalue weighted by Crippen LogP contribution is -2.39. The zero-order valence-corrected chi connectivity index (χ0v) is 18.4. The summed E-state index contributed by atoms with van der Waals surface area (Å²) in [5, 5.41) is 1.99. The average molecular weight is 423 g/mol. The summed E-state index contributed by atoms with van der Waals surface area (Å²) in [6.07, 6.45) is 1.90. The molecule has 0 saturated heterocycles. The summed E-state index contributed by atoms with van der Waals surface area (Å²) in [5.41, 5.74) is 3.31. The number of carbonyl (C=O) groups is 1. The smallest absolute Gasteiger partial charge is 0.271 e. The van der Waals surface area contributed by atoms with Gasteiger partial charge in [0.05, 0.1) is 10.6 Å². The summed E-state index contributed by atoms with van der Waals surface area (Å²) >= 11 is 2.96. The molecule has 0 amide bonds. The van der Waals surface area contributed by atoms with Crippen LogP contribution in [0.3, 0.4) is 0 Å². The van der Waals surface area contributed by atoms with E-state index in [0.717, 1.165) is 10.4 Å². The lowest BCUT2D eigenvalue weighted by atomic mass is 9.91. The second-order valence-electron chi connectivity index (χ2n) is 7.47. The van der Waals surface area contributed by atoms with Crippen LogP contribution in [0.4, 0.5) is 0 Å². The van der Waals surface area contributed by atoms with E-state index in [1.54, 1.807) is 22.8 Å². The number of allylic oxidation sites excluding steroid dienone is 2. The Balaban J connectivity index is 1.95. The molecule has 6 heteroatoms. The van der Waals surface area contributed by atoms with Gasteiger partial charge in [-0.1, -0.05) is 55.5 Å². The third-order valence-electron chi connectivity index (χ3n) is 5.14. The van der Waals surface area contributed by atoms with Crippen molar-refractivity contribution in [2.24, 2.45) is 4.99 Å². The predicted octanol–water partition coefficient (Wildman–Crippen LogP) is 4.01. The number of hydrogen-bond acceptors (Lipinski definition) is 5. The Kier molecular flexibility index (Phi) is 5.23. The zero-order valence-electron chi connectivity index (χ0n) is 16.8. The van der Waals surface area contributed by atoms with Crippen molar-refractivity contribution in [1.82, 2.24) is 4.57 Å². The molecule has 1 atom stereocenters. The summed E-state index contributed by atoms with van der Waals surface area (Å²) in [5.74, 6) is 0.359. The predicted molar refractivity (Wildman–Crippen MR) is 119 cm³/mol. The number of rotatable bonds is 4. The molecule has 0 radical (unpaired) electrons. The van der Waals surface area contributed by atoms with Crippen LogP contribution >= 0.6 is 22.7 Å². The zero-order chi connectivity index (χ0) is 20.7. The van der Waals surface area contributed by atoms with Gasteiger partial charge in [-0.15, -0.1) is 11.3 Å². The molecule has 0 bridgehead atoms. The van der Waals surface area contributed by atoms with Gasteiger partial charge in [0.25, 0.3) is 5.56 Å². The number of thiazole rings is 1. The summed E-state index contributed by atoms with van der Waals surface area (Å²) in [6, 6.07) is 11.7. The molecule has 1 aromatic carbocycles. The van der Waals surface area contributed by atoms with Crippen molar-refractivity contribution in [2.45, 2.75) is 39.7 Å². The SMILES string of the molecule is CC(=O)C1=C(C)N=c2sc(=Cc3cccs3)c(=O)n2C1c1ccc(C(C)C)cc1. The number of thiophene rings is 1. The van der Waals surface area contributed by atoms with E-state index < -0.39 is 6.04 Å². The minimum absolute atomic E-state index is 0.0586. The third kappa shape index (κ3) is 3.58. The van der Waals surface area contributed by atoms with Crippen LogP contribution in [0.25, 0.3) is 6.08 Å². The highest BCUT2D eigenvalue weighted by atomic mass is 32.1. The van der Waals surface area contributed by atoms with Crippen molar-refractivity contribution in [2.75, 3.05) is 0 Å². The second kappa shape index (κ2) is 7.69. The molecule has 148 valence electrons. The number of carbonyl (C=O) groups excluding carboxylic acids is 1. The lowest BCUT2D eigenvalue weighted by molar-refractivity contribution is -0.114. The molecule has 0 spiro atoms. The standard InChI is InChI=1S/C23H22N2O2S2/c1-13(2)16-7-9-17(10-8-16)21-20(15(4)26)14(3)24-23-25(21)22(27)19(29-23)12-18-6-5-11-28-18/h5-13,21H,1-4H3. The van der Waals surface area contributed by atoms with Crippen LogP contribution in [0.2, 0.25) is 0 Å². The first kappa shape index (κ1) is 19.7. The summed E-state index contributed by atoms with van der Waals surface area (Å²) in [7, 11) is 0. The van der Waals surface area contributed by atoms with Gasteiger partial charge < -0.3 is 0 Å². The molecular formula is C23H22N2O2S2. The number of fused-ring (bicyclic) bond motifs is 1. The fourth-order valence-electron chi connectivity index (χ4n) is 3.65. The maximum absolute atomic E-state index is 13.3. The number of benzene rings is 1. The van der Waals surface area contributed by atoms with E-state index in [0.29, 0.717) is 26.5 Å². The van der Waals surface area contributed by atoms with Crippen molar-refractivity contribution >= 4 is 34.5 Å². The fraction of sp³-hybridized carbons (Fsp3) is 0.261. The summed E-state index contributed by atoms with van der Waals surface area (Å²) in [6.45, 7) is 7.69. The summed E-state index contributed by atoms with van der Waals surface area (Å²) in [4.78, 5) is 32.1. The molecule has 4 nitrogen and oxygen atoms in total. The second-order valence-corrected chi connectivity index (χ2v) is 9.46. The highest BCUT2D eigenvalue weighted by molar-refractivity contribution is 7.11. The van der Waals surface area contributed by atoms with E-state index in [1.807, 2.05) is 42.6 Å². The van der Waals surface area contributed by atoms with Gasteiger partial charge in [-0.2, -0.15) is 0 Å². The molecule has 0 N–H and O–H groups in total. The van der Waals surface area contributed by atoms with Gasteiger partial charge in [-0.05, 0) is 48.4 Å². The third-order valence-corrected chi connectivity index (χ3v) is 6.94. The Labute approximate surface area is 177 Å². The highest BCUT2D eigenvalue weighted by Gasteiger charge is 2.30. The Morgan fingerprint density at radius 2 is 1.93 bits per heavy atom. The van der Waals surface area contributed by atoms with Crippen LogP contribution in [0.1, 0.15) is 55.7 Å². The fourth-order valence-corrected chi connectivity index (χ4v) is 5.42. The van der Waals surface area contributed by atoms with E-state index in [2.05, 4.69) is 31.0 Å². The van der Waals surface area contributed by atoms with E-state index in [9.17, 15) is 9.59 Å². The molecular weight excluding hydrogens is 400 g/mol. The van der Waals surface area contributed by atoms with Gasteiger partial charge in [0, 0.05) is 16.1 Å². The topological polar surface area (TPSA) is 51.4 Å². The minimum Gasteiger partial charge on any atom is -0.295 e. The maximum atomic E-state index is 13.3. The van der Waals surface area contributed by atoms with Crippen LogP contribution < -0.4 is 14.9 Å². The molecule has 1 aliphatic rings. The summed E-state index contributed by atoms with van der Waals surface area (Å²) < 4.78 is 2.31. The molecule has 3 heterocycles. The van der Waals surface area contributed by atoms with Crippen LogP contribution in [0, 0.1) is 0 Å². The van der Waals surface area contributed by atoms with Gasteiger partial charge in [-0.3, -0.25) is 14.2 Å². The number of ketones is 1. The van der Waals surface area contributed by atoms with Crippen molar-refractivity contribution in [1.29, 1.82) is 0 Å². The molecule has 2 aromatic heterocycles. The van der Waals surface area contributed by atoms with Crippen molar-refractivity contribution in [3.05, 3.63) is 88.7 Å². The monoisotopic (exact) mass is 422 g/mol.